The van der Waals surface area contributed by atoms with E-state index in [9.17, 15) is 0 Å². The summed E-state index contributed by atoms with van der Waals surface area (Å²) in [6.07, 6.45) is 0. The van der Waals surface area contributed by atoms with Gasteiger partial charge in [0.2, 0.25) is 0 Å². The number of halogens is 1. The molecule has 0 amide bonds. The number of thiophene rings is 1. The van der Waals surface area contributed by atoms with Gasteiger partial charge in [-0.2, -0.15) is 0 Å². The van der Waals surface area contributed by atoms with Crippen LogP contribution >= 0.6 is 27.3 Å². The molecule has 1 N–H and O–H groups in total. The van der Waals surface area contributed by atoms with E-state index in [-0.39, 0.29) is 5.54 Å². The average Bonchev–Trinajstić information content (AvgIpc) is 2.75. The summed E-state index contributed by atoms with van der Waals surface area (Å²) in [5.41, 5.74) is 1.74. The molecule has 0 atom stereocenters. The minimum Gasteiger partial charge on any atom is -0.308 e. The zero-order valence-electron chi connectivity index (χ0n) is 10.9. The van der Waals surface area contributed by atoms with E-state index >= 15 is 0 Å². The van der Waals surface area contributed by atoms with Gasteiger partial charge in [-0.1, -0.05) is 0 Å². The van der Waals surface area contributed by atoms with E-state index in [0.29, 0.717) is 0 Å². The Labute approximate surface area is 120 Å². The second-order valence-electron chi connectivity index (χ2n) is 4.72. The standard InChI is InChI=1S/C13H16BrN3S/c1-8-5-10(11-6-9(14)7-18-11)17-12(16-8)13(2,3)15-4/h5-7,15H,1-4H3. The van der Waals surface area contributed by atoms with Crippen LogP contribution in [-0.4, -0.2) is 17.0 Å². The van der Waals surface area contributed by atoms with Crippen molar-refractivity contribution >= 4 is 27.3 Å². The lowest BCUT2D eigenvalue weighted by atomic mass is 10.0. The minimum atomic E-state index is -0.227. The molecule has 0 spiro atoms. The lowest BCUT2D eigenvalue weighted by Gasteiger charge is -2.22. The van der Waals surface area contributed by atoms with Crippen LogP contribution in [0.25, 0.3) is 10.6 Å². The molecule has 0 aliphatic rings. The largest absolute Gasteiger partial charge is 0.308 e. The van der Waals surface area contributed by atoms with Crippen molar-refractivity contribution in [1.29, 1.82) is 0 Å². The maximum atomic E-state index is 4.68. The van der Waals surface area contributed by atoms with E-state index in [0.717, 1.165) is 26.6 Å². The number of hydrogen-bond acceptors (Lipinski definition) is 4. The second kappa shape index (κ2) is 5.07. The van der Waals surface area contributed by atoms with Crippen molar-refractivity contribution in [2.75, 3.05) is 7.05 Å². The molecule has 2 heterocycles. The molecule has 0 aliphatic heterocycles. The van der Waals surface area contributed by atoms with Gasteiger partial charge in [0.25, 0.3) is 0 Å². The number of aryl methyl sites for hydroxylation is 1. The van der Waals surface area contributed by atoms with Crippen LogP contribution < -0.4 is 5.32 Å². The van der Waals surface area contributed by atoms with Crippen molar-refractivity contribution in [2.24, 2.45) is 0 Å². The molecular weight excluding hydrogens is 310 g/mol. The molecule has 0 unspecified atom stereocenters. The fraction of sp³-hybridized carbons (Fsp3) is 0.385. The molecule has 2 aromatic heterocycles. The fourth-order valence-electron chi connectivity index (χ4n) is 1.53. The molecule has 5 heteroatoms. The lowest BCUT2D eigenvalue weighted by Crippen LogP contribution is -2.35. The van der Waals surface area contributed by atoms with E-state index in [2.05, 4.69) is 56.5 Å². The van der Waals surface area contributed by atoms with E-state index in [1.807, 2.05) is 20.0 Å². The van der Waals surface area contributed by atoms with Crippen molar-refractivity contribution in [3.63, 3.8) is 0 Å². The summed E-state index contributed by atoms with van der Waals surface area (Å²) in [7, 11) is 1.92. The highest BCUT2D eigenvalue weighted by molar-refractivity contribution is 9.10. The van der Waals surface area contributed by atoms with E-state index in [1.54, 1.807) is 11.3 Å². The maximum absolute atomic E-state index is 4.68. The third-order valence-electron chi connectivity index (χ3n) is 2.86. The Kier molecular flexibility index (Phi) is 3.84. The predicted molar refractivity (Wildman–Crippen MR) is 79.9 cm³/mol. The third kappa shape index (κ3) is 2.79. The van der Waals surface area contributed by atoms with Gasteiger partial charge < -0.3 is 5.32 Å². The summed E-state index contributed by atoms with van der Waals surface area (Å²) in [5.74, 6) is 0.824. The minimum absolute atomic E-state index is 0.227. The maximum Gasteiger partial charge on any atom is 0.148 e. The molecule has 2 rings (SSSR count). The van der Waals surface area contributed by atoms with Crippen molar-refractivity contribution < 1.29 is 0 Å². The van der Waals surface area contributed by atoms with Crippen LogP contribution in [0.15, 0.2) is 22.0 Å². The number of nitrogens with zero attached hydrogens (tertiary/aromatic N) is 2. The molecule has 0 aromatic carbocycles. The first-order valence-corrected chi connectivity index (χ1v) is 7.39. The fourth-order valence-corrected chi connectivity index (χ4v) is 2.92. The summed E-state index contributed by atoms with van der Waals surface area (Å²) >= 11 is 5.16. The van der Waals surface area contributed by atoms with Crippen LogP contribution in [0.5, 0.6) is 0 Å². The highest BCUT2D eigenvalue weighted by Crippen LogP contribution is 2.30. The van der Waals surface area contributed by atoms with Gasteiger partial charge in [0, 0.05) is 15.5 Å². The van der Waals surface area contributed by atoms with Gasteiger partial charge in [0.15, 0.2) is 0 Å². The van der Waals surface area contributed by atoms with Crippen LogP contribution in [0, 0.1) is 6.92 Å². The Morgan fingerprint density at radius 1 is 1.28 bits per heavy atom. The number of aromatic nitrogens is 2. The molecule has 0 radical (unpaired) electrons. The predicted octanol–water partition coefficient (Wildman–Crippen LogP) is 3.73. The molecule has 0 saturated carbocycles. The molecule has 3 nitrogen and oxygen atoms in total. The molecule has 2 aromatic rings. The van der Waals surface area contributed by atoms with Crippen molar-refractivity contribution in [1.82, 2.24) is 15.3 Å². The summed E-state index contributed by atoms with van der Waals surface area (Å²) < 4.78 is 1.09. The number of nitrogens with one attached hydrogen (secondary N) is 1. The van der Waals surface area contributed by atoms with E-state index < -0.39 is 0 Å². The average molecular weight is 326 g/mol. The van der Waals surface area contributed by atoms with Gasteiger partial charge in [-0.25, -0.2) is 9.97 Å². The van der Waals surface area contributed by atoms with Gasteiger partial charge in [0.1, 0.15) is 5.82 Å². The number of rotatable bonds is 3. The molecule has 0 aliphatic carbocycles. The first-order valence-electron chi connectivity index (χ1n) is 5.72. The summed E-state index contributed by atoms with van der Waals surface area (Å²) in [4.78, 5) is 10.4. The van der Waals surface area contributed by atoms with Gasteiger partial charge in [-0.3, -0.25) is 0 Å². The number of hydrogen-bond donors (Lipinski definition) is 1. The highest BCUT2D eigenvalue weighted by atomic mass is 79.9. The Morgan fingerprint density at radius 3 is 2.56 bits per heavy atom. The third-order valence-corrected chi connectivity index (χ3v) is 4.57. The highest BCUT2D eigenvalue weighted by Gasteiger charge is 2.22. The van der Waals surface area contributed by atoms with E-state index in [1.165, 1.54) is 0 Å². The van der Waals surface area contributed by atoms with Gasteiger partial charge in [0.05, 0.1) is 16.1 Å². The summed E-state index contributed by atoms with van der Waals surface area (Å²) in [5, 5.41) is 5.30. The SMILES string of the molecule is CNC(C)(C)c1nc(C)cc(-c2cc(Br)cs2)n1. The van der Waals surface area contributed by atoms with Crippen LogP contribution in [0.2, 0.25) is 0 Å². The van der Waals surface area contributed by atoms with Crippen molar-refractivity contribution in [3.05, 3.63) is 33.5 Å². The zero-order chi connectivity index (χ0) is 13.3. The van der Waals surface area contributed by atoms with Crippen molar-refractivity contribution in [2.45, 2.75) is 26.3 Å². The van der Waals surface area contributed by atoms with Crippen LogP contribution in [0.1, 0.15) is 25.4 Å². The molecule has 96 valence electrons. The smallest absolute Gasteiger partial charge is 0.148 e. The Bertz CT molecular complexity index is 563. The molecular formula is C13H16BrN3S. The van der Waals surface area contributed by atoms with Crippen molar-refractivity contribution in [3.8, 4) is 10.6 Å². The normalized spacial score (nSPS) is 11.8. The molecule has 0 bridgehead atoms. The Balaban J connectivity index is 2.51. The first kappa shape index (κ1) is 13.6. The Hall–Kier alpha value is -0.780. The van der Waals surface area contributed by atoms with Crippen LogP contribution in [-0.2, 0) is 5.54 Å². The van der Waals surface area contributed by atoms with Gasteiger partial charge >= 0.3 is 0 Å². The Morgan fingerprint density at radius 2 is 2.00 bits per heavy atom. The summed E-state index contributed by atoms with van der Waals surface area (Å²) in [6.45, 7) is 6.16. The second-order valence-corrected chi connectivity index (χ2v) is 6.55. The van der Waals surface area contributed by atoms with Crippen LogP contribution in [0.3, 0.4) is 0 Å². The molecule has 0 saturated heterocycles. The van der Waals surface area contributed by atoms with Crippen LogP contribution in [0.4, 0.5) is 0 Å². The first-order chi connectivity index (χ1) is 8.42. The lowest BCUT2D eigenvalue weighted by molar-refractivity contribution is 0.416. The molecule has 18 heavy (non-hydrogen) atoms. The van der Waals surface area contributed by atoms with Gasteiger partial charge in [-0.05, 0) is 55.9 Å². The summed E-state index contributed by atoms with van der Waals surface area (Å²) in [6, 6.07) is 4.11. The monoisotopic (exact) mass is 325 g/mol. The zero-order valence-corrected chi connectivity index (χ0v) is 13.3. The van der Waals surface area contributed by atoms with E-state index in [4.69, 9.17) is 0 Å². The molecule has 0 fully saturated rings. The van der Waals surface area contributed by atoms with Gasteiger partial charge in [-0.15, -0.1) is 11.3 Å². The topological polar surface area (TPSA) is 37.8 Å². The quantitative estimate of drug-likeness (QED) is 0.934.